The van der Waals surface area contributed by atoms with Gasteiger partial charge in [0, 0.05) is 11.3 Å². The lowest BCUT2D eigenvalue weighted by molar-refractivity contribution is -0.896. The van der Waals surface area contributed by atoms with Gasteiger partial charge in [-0.25, -0.2) is 4.79 Å². The molecule has 29 heavy (non-hydrogen) atoms. The van der Waals surface area contributed by atoms with Gasteiger partial charge in [0.2, 0.25) is 0 Å². The molecular formula is C21H26N3O5+. The number of esters is 1. The molecule has 0 bridgehead atoms. The first kappa shape index (κ1) is 22.0. The third kappa shape index (κ3) is 5.86. The quantitative estimate of drug-likeness (QED) is 0.382. The number of carbonyl (C=O) groups excluding carboxylic acids is 2. The lowest BCUT2D eigenvalue weighted by atomic mass is 10.1. The van der Waals surface area contributed by atoms with Crippen LogP contribution in [0.5, 0.6) is 0 Å². The van der Waals surface area contributed by atoms with Crippen molar-refractivity contribution >= 4 is 23.3 Å². The van der Waals surface area contributed by atoms with Crippen LogP contribution >= 0.6 is 0 Å². The van der Waals surface area contributed by atoms with Gasteiger partial charge in [0.1, 0.15) is 18.7 Å². The molecule has 0 fully saturated rings. The summed E-state index contributed by atoms with van der Waals surface area (Å²) in [5.41, 5.74) is 0.972. The Morgan fingerprint density at radius 1 is 1.10 bits per heavy atom. The molecule has 2 rings (SSSR count). The van der Waals surface area contributed by atoms with E-state index in [1.54, 1.807) is 43.3 Å². The fourth-order valence-corrected chi connectivity index (χ4v) is 2.95. The zero-order chi connectivity index (χ0) is 21.4. The Labute approximate surface area is 169 Å². The minimum absolute atomic E-state index is 0.0163. The molecule has 2 N–H and O–H groups in total. The van der Waals surface area contributed by atoms with Crippen molar-refractivity contribution in [2.45, 2.75) is 20.8 Å². The number of hydrogen-bond donors (Lipinski definition) is 2. The summed E-state index contributed by atoms with van der Waals surface area (Å²) in [5.74, 6) is -1.01. The first-order chi connectivity index (χ1) is 13.9. The molecule has 0 atom stereocenters. The predicted octanol–water partition coefficient (Wildman–Crippen LogP) is 2.24. The number of carbonyl (C=O) groups is 2. The Balaban J connectivity index is 2.01. The molecule has 0 heterocycles. The van der Waals surface area contributed by atoms with Gasteiger partial charge in [-0.3, -0.25) is 14.9 Å². The summed E-state index contributed by atoms with van der Waals surface area (Å²) >= 11 is 0. The zero-order valence-electron chi connectivity index (χ0n) is 16.9. The van der Waals surface area contributed by atoms with Crippen molar-refractivity contribution in [1.82, 2.24) is 0 Å². The number of nitrogens with one attached hydrogen (secondary N) is 2. The number of likely N-dealkylation sites (N-methyl/N-ethyl adjacent to an activating group) is 1. The van der Waals surface area contributed by atoms with Gasteiger partial charge in [0.05, 0.1) is 23.6 Å². The van der Waals surface area contributed by atoms with E-state index in [2.05, 4.69) is 19.2 Å². The van der Waals surface area contributed by atoms with Gasteiger partial charge in [0.25, 0.3) is 11.6 Å². The SMILES string of the molecule is CC[NH+](CC)CCOC(=O)c1ccc(NC(=O)c2cccc(C)c2[N+](=O)[O-])cc1. The number of nitro benzene ring substituents is 1. The maximum atomic E-state index is 12.5. The topological polar surface area (TPSA) is 103 Å². The van der Waals surface area contributed by atoms with E-state index in [0.29, 0.717) is 23.4 Å². The zero-order valence-corrected chi connectivity index (χ0v) is 16.9. The van der Waals surface area contributed by atoms with Crippen molar-refractivity contribution in [2.75, 3.05) is 31.6 Å². The van der Waals surface area contributed by atoms with Crippen LogP contribution in [0.4, 0.5) is 11.4 Å². The molecule has 0 spiro atoms. The standard InChI is InChI=1S/C21H25N3O5/c1-4-23(5-2)13-14-29-21(26)16-9-11-17(12-10-16)22-20(25)18-8-6-7-15(3)19(18)24(27)28/h6-12H,4-5,13-14H2,1-3H3,(H,22,25)/p+1. The van der Waals surface area contributed by atoms with Crippen molar-refractivity contribution in [1.29, 1.82) is 0 Å². The third-order valence-electron chi connectivity index (χ3n) is 4.73. The highest BCUT2D eigenvalue weighted by atomic mass is 16.6. The van der Waals surface area contributed by atoms with Gasteiger partial charge in [-0.05, 0) is 51.1 Å². The van der Waals surface area contributed by atoms with Crippen LogP contribution in [0.1, 0.15) is 40.1 Å². The van der Waals surface area contributed by atoms with Crippen molar-refractivity contribution in [3.8, 4) is 0 Å². The Kier molecular flexibility index (Phi) is 7.85. The molecule has 8 nitrogen and oxygen atoms in total. The van der Waals surface area contributed by atoms with Gasteiger partial charge in [0.15, 0.2) is 0 Å². The molecule has 0 aliphatic rings. The van der Waals surface area contributed by atoms with E-state index in [0.717, 1.165) is 19.6 Å². The van der Waals surface area contributed by atoms with E-state index in [4.69, 9.17) is 4.74 Å². The average Bonchev–Trinajstić information content (AvgIpc) is 2.71. The summed E-state index contributed by atoms with van der Waals surface area (Å²) in [5, 5.41) is 13.9. The maximum Gasteiger partial charge on any atom is 0.338 e. The molecular weight excluding hydrogens is 374 g/mol. The molecule has 0 unspecified atom stereocenters. The smallest absolute Gasteiger partial charge is 0.338 e. The van der Waals surface area contributed by atoms with Crippen molar-refractivity contribution in [3.05, 3.63) is 69.3 Å². The van der Waals surface area contributed by atoms with Crippen LogP contribution in [0.15, 0.2) is 42.5 Å². The summed E-state index contributed by atoms with van der Waals surface area (Å²) in [6.07, 6.45) is 0. The molecule has 8 heteroatoms. The number of nitro groups is 1. The number of amides is 1. The second-order valence-electron chi connectivity index (χ2n) is 6.60. The molecule has 0 aliphatic carbocycles. The van der Waals surface area contributed by atoms with Crippen molar-refractivity contribution < 1.29 is 24.1 Å². The monoisotopic (exact) mass is 400 g/mol. The number of aryl methyl sites for hydroxylation is 1. The lowest BCUT2D eigenvalue weighted by Crippen LogP contribution is -3.11. The Morgan fingerprint density at radius 2 is 1.76 bits per heavy atom. The summed E-state index contributed by atoms with van der Waals surface area (Å²) in [4.78, 5) is 36.6. The highest BCUT2D eigenvalue weighted by Crippen LogP contribution is 2.24. The summed E-state index contributed by atoms with van der Waals surface area (Å²) in [6.45, 7) is 8.78. The minimum Gasteiger partial charge on any atom is -0.456 e. The Bertz CT molecular complexity index is 876. The van der Waals surface area contributed by atoms with Gasteiger partial charge in [-0.2, -0.15) is 0 Å². The first-order valence-electron chi connectivity index (χ1n) is 9.53. The average molecular weight is 400 g/mol. The molecule has 0 aliphatic heterocycles. The van der Waals surface area contributed by atoms with E-state index in [9.17, 15) is 19.7 Å². The van der Waals surface area contributed by atoms with Gasteiger partial charge < -0.3 is 15.0 Å². The van der Waals surface area contributed by atoms with E-state index >= 15 is 0 Å². The number of ether oxygens (including phenoxy) is 1. The highest BCUT2D eigenvalue weighted by Gasteiger charge is 2.22. The molecule has 0 aromatic heterocycles. The number of quaternary nitrogens is 1. The fourth-order valence-electron chi connectivity index (χ4n) is 2.95. The van der Waals surface area contributed by atoms with Crippen LogP contribution in [0, 0.1) is 17.0 Å². The number of para-hydroxylation sites is 1. The summed E-state index contributed by atoms with van der Waals surface area (Å²) in [7, 11) is 0. The molecule has 2 aromatic carbocycles. The fraction of sp³-hybridized carbons (Fsp3) is 0.333. The Hall–Kier alpha value is -3.26. The number of anilines is 1. The predicted molar refractivity (Wildman–Crippen MR) is 109 cm³/mol. The summed E-state index contributed by atoms with van der Waals surface area (Å²) in [6, 6.07) is 10.8. The number of rotatable bonds is 9. The Morgan fingerprint density at radius 3 is 2.34 bits per heavy atom. The van der Waals surface area contributed by atoms with Gasteiger partial charge in [-0.1, -0.05) is 12.1 Å². The first-order valence-corrected chi connectivity index (χ1v) is 9.53. The van der Waals surface area contributed by atoms with Crippen LogP contribution < -0.4 is 10.2 Å². The van der Waals surface area contributed by atoms with E-state index in [1.165, 1.54) is 11.0 Å². The highest BCUT2D eigenvalue weighted by molar-refractivity contribution is 6.07. The van der Waals surface area contributed by atoms with Gasteiger partial charge >= 0.3 is 5.97 Å². The van der Waals surface area contributed by atoms with Gasteiger partial charge in [-0.15, -0.1) is 0 Å². The molecule has 0 saturated carbocycles. The summed E-state index contributed by atoms with van der Waals surface area (Å²) < 4.78 is 5.29. The van der Waals surface area contributed by atoms with Crippen LogP contribution in [-0.4, -0.2) is 43.0 Å². The van der Waals surface area contributed by atoms with Crippen molar-refractivity contribution in [2.24, 2.45) is 0 Å². The maximum absolute atomic E-state index is 12.5. The second-order valence-corrected chi connectivity index (χ2v) is 6.60. The minimum atomic E-state index is -0.585. The molecule has 2 aromatic rings. The lowest BCUT2D eigenvalue weighted by Gasteiger charge is -2.15. The largest absolute Gasteiger partial charge is 0.456 e. The number of hydrogen-bond acceptors (Lipinski definition) is 5. The second kappa shape index (κ2) is 10.3. The molecule has 154 valence electrons. The molecule has 0 radical (unpaired) electrons. The third-order valence-corrected chi connectivity index (χ3v) is 4.73. The van der Waals surface area contributed by atoms with Crippen LogP contribution in [0.2, 0.25) is 0 Å². The van der Waals surface area contributed by atoms with Crippen molar-refractivity contribution in [3.63, 3.8) is 0 Å². The van der Waals surface area contributed by atoms with E-state index in [1.807, 2.05) is 0 Å². The van der Waals surface area contributed by atoms with E-state index in [-0.39, 0.29) is 11.3 Å². The van der Waals surface area contributed by atoms with Crippen LogP contribution in [-0.2, 0) is 4.74 Å². The van der Waals surface area contributed by atoms with Crippen LogP contribution in [0.25, 0.3) is 0 Å². The number of benzene rings is 2. The molecule has 1 amide bonds. The van der Waals surface area contributed by atoms with E-state index < -0.39 is 16.8 Å². The van der Waals surface area contributed by atoms with Crippen LogP contribution in [0.3, 0.4) is 0 Å². The normalized spacial score (nSPS) is 10.6. The number of nitrogens with zero attached hydrogens (tertiary/aromatic N) is 1. The molecule has 0 saturated heterocycles.